The van der Waals surface area contributed by atoms with Crippen LogP contribution < -0.4 is 4.90 Å². The van der Waals surface area contributed by atoms with Gasteiger partial charge in [0.05, 0.1) is 32.2 Å². The van der Waals surface area contributed by atoms with Gasteiger partial charge in [0.1, 0.15) is 11.7 Å². The zero-order valence-corrected chi connectivity index (χ0v) is 21.7. The van der Waals surface area contributed by atoms with Crippen molar-refractivity contribution in [2.75, 3.05) is 58.3 Å². The van der Waals surface area contributed by atoms with Gasteiger partial charge in [-0.05, 0) is 29.5 Å². The second kappa shape index (κ2) is 13.8. The van der Waals surface area contributed by atoms with Gasteiger partial charge in [-0.1, -0.05) is 37.4 Å². The molecule has 1 aliphatic heterocycles. The van der Waals surface area contributed by atoms with Gasteiger partial charge in [0.15, 0.2) is 6.40 Å². The van der Waals surface area contributed by atoms with Crippen LogP contribution in [0.2, 0.25) is 0 Å². The van der Waals surface area contributed by atoms with Gasteiger partial charge in [-0.3, -0.25) is 14.8 Å². The van der Waals surface area contributed by atoms with Crippen molar-refractivity contribution in [3.8, 4) is 6.07 Å². The lowest BCUT2D eigenvalue weighted by atomic mass is 10.1. The van der Waals surface area contributed by atoms with Crippen LogP contribution in [0.4, 0.5) is 5.82 Å². The maximum atomic E-state index is 12.3. The second-order valence-corrected chi connectivity index (χ2v) is 8.69. The van der Waals surface area contributed by atoms with E-state index in [4.69, 9.17) is 9.72 Å². The van der Waals surface area contributed by atoms with Gasteiger partial charge in [0.2, 0.25) is 5.91 Å². The maximum Gasteiger partial charge on any atom is 0.246 e. The number of ether oxygens (including phenoxy) is 1. The molecule has 1 amide bonds. The van der Waals surface area contributed by atoms with Crippen LogP contribution in [0, 0.1) is 11.3 Å². The van der Waals surface area contributed by atoms with E-state index >= 15 is 0 Å². The van der Waals surface area contributed by atoms with Gasteiger partial charge >= 0.3 is 0 Å². The number of fused-ring (bicyclic) bond motifs is 1. The molecule has 1 aromatic heterocycles. The summed E-state index contributed by atoms with van der Waals surface area (Å²) in [5, 5.41) is 11.5. The number of benzene rings is 1. The van der Waals surface area contributed by atoms with E-state index in [2.05, 4.69) is 51.1 Å². The van der Waals surface area contributed by atoms with E-state index in [1.54, 1.807) is 19.1 Å². The number of piperazine rings is 1. The zero-order valence-electron chi connectivity index (χ0n) is 21.7. The van der Waals surface area contributed by atoms with Crippen molar-refractivity contribution in [3.63, 3.8) is 0 Å². The summed E-state index contributed by atoms with van der Waals surface area (Å²) < 4.78 is 4.96. The fourth-order valence-electron chi connectivity index (χ4n) is 4.62. The zero-order chi connectivity index (χ0) is 26.6. The molecule has 1 saturated heterocycles. The molecule has 0 aliphatic carbocycles. The third-order valence-corrected chi connectivity index (χ3v) is 6.41. The van der Waals surface area contributed by atoms with E-state index in [1.165, 1.54) is 12.5 Å². The number of pyridine rings is 1. The lowest BCUT2D eigenvalue weighted by Gasteiger charge is -2.42. The Balaban J connectivity index is 1.75. The second-order valence-electron chi connectivity index (χ2n) is 8.69. The third-order valence-electron chi connectivity index (χ3n) is 6.41. The number of hydrogen-bond acceptors (Lipinski definition) is 7. The van der Waals surface area contributed by atoms with Crippen molar-refractivity contribution in [2.45, 2.75) is 18.9 Å². The van der Waals surface area contributed by atoms with Crippen LogP contribution in [0.1, 0.15) is 12.8 Å². The molecule has 1 unspecified atom stereocenters. The van der Waals surface area contributed by atoms with Crippen molar-refractivity contribution < 1.29 is 9.53 Å². The molecule has 1 atom stereocenters. The molecular weight excluding hydrogens is 466 g/mol. The molecule has 0 saturated carbocycles. The van der Waals surface area contributed by atoms with Gasteiger partial charge in [0.25, 0.3) is 0 Å². The Bertz CT molecular complexity index is 1200. The average Bonchev–Trinajstić information content (AvgIpc) is 2.93. The SMILES string of the molecule is C=CC(=O)N1CCN(C(=NC)C(=C)CCN(CCN=COC)c2nccc3ccccc23)CC1CC#N. The molecule has 9 heteroatoms. The van der Waals surface area contributed by atoms with Crippen molar-refractivity contribution in [2.24, 2.45) is 9.98 Å². The highest BCUT2D eigenvalue weighted by atomic mass is 16.5. The Morgan fingerprint density at radius 2 is 2.14 bits per heavy atom. The first-order valence-corrected chi connectivity index (χ1v) is 12.3. The predicted octanol–water partition coefficient (Wildman–Crippen LogP) is 3.30. The van der Waals surface area contributed by atoms with Crippen LogP contribution in [0.5, 0.6) is 0 Å². The number of amides is 1. The number of methoxy groups -OCH3 is 1. The summed E-state index contributed by atoms with van der Waals surface area (Å²) in [6, 6.07) is 12.2. The number of nitriles is 1. The minimum absolute atomic E-state index is 0.150. The number of aliphatic imine (C=N–C) groups is 2. The van der Waals surface area contributed by atoms with Gasteiger partial charge in [0, 0.05) is 51.4 Å². The Morgan fingerprint density at radius 3 is 2.86 bits per heavy atom. The van der Waals surface area contributed by atoms with E-state index in [0.717, 1.165) is 28.0 Å². The predicted molar refractivity (Wildman–Crippen MR) is 149 cm³/mol. The Hall–Kier alpha value is -4.19. The minimum Gasteiger partial charge on any atom is -0.487 e. The average molecular weight is 502 g/mol. The quantitative estimate of drug-likeness (QED) is 0.266. The van der Waals surface area contributed by atoms with Crippen molar-refractivity contribution in [1.82, 2.24) is 14.8 Å². The molecule has 0 radical (unpaired) electrons. The van der Waals surface area contributed by atoms with E-state index in [0.29, 0.717) is 45.7 Å². The maximum absolute atomic E-state index is 12.3. The van der Waals surface area contributed by atoms with Gasteiger partial charge in [-0.2, -0.15) is 5.26 Å². The molecule has 2 aromatic rings. The van der Waals surface area contributed by atoms with Crippen LogP contribution in [0.25, 0.3) is 10.8 Å². The molecule has 3 rings (SSSR count). The lowest BCUT2D eigenvalue weighted by molar-refractivity contribution is -0.129. The van der Waals surface area contributed by atoms with Crippen molar-refractivity contribution in [1.29, 1.82) is 5.26 Å². The van der Waals surface area contributed by atoms with Crippen LogP contribution in [-0.4, -0.2) is 92.4 Å². The summed E-state index contributed by atoms with van der Waals surface area (Å²) >= 11 is 0. The summed E-state index contributed by atoms with van der Waals surface area (Å²) in [5.74, 6) is 1.55. The van der Waals surface area contributed by atoms with E-state index in [9.17, 15) is 10.1 Å². The number of carbonyl (C=O) groups is 1. The lowest BCUT2D eigenvalue weighted by Crippen LogP contribution is -2.56. The molecule has 0 bridgehead atoms. The largest absolute Gasteiger partial charge is 0.487 e. The van der Waals surface area contributed by atoms with E-state index in [-0.39, 0.29) is 18.4 Å². The Morgan fingerprint density at radius 1 is 1.32 bits per heavy atom. The summed E-state index contributed by atoms with van der Waals surface area (Å²) in [6.07, 6.45) is 5.50. The van der Waals surface area contributed by atoms with Crippen LogP contribution in [0.15, 0.2) is 71.3 Å². The molecule has 9 nitrogen and oxygen atoms in total. The van der Waals surface area contributed by atoms with Crippen LogP contribution in [-0.2, 0) is 9.53 Å². The number of amidine groups is 1. The number of carbonyl (C=O) groups excluding carboxylic acids is 1. The standard InChI is InChI=1S/C28H35N7O2/c1-5-26(36)35-19-18-34(20-24(35)10-13-29)27(30-3)22(2)12-16-33(17-15-31-21-37-4)28-25-9-7-6-8-23(25)11-14-32-28/h5-9,11,14,21,24H,1-2,10,12,15-20H2,3-4H3. The number of aromatic nitrogens is 1. The van der Waals surface area contributed by atoms with Crippen molar-refractivity contribution in [3.05, 3.63) is 61.3 Å². The topological polar surface area (TPSA) is 97.4 Å². The van der Waals surface area contributed by atoms with Crippen LogP contribution >= 0.6 is 0 Å². The third kappa shape index (κ3) is 6.94. The molecule has 0 N–H and O–H groups in total. The first-order valence-electron chi connectivity index (χ1n) is 12.3. The number of hydrogen-bond donors (Lipinski definition) is 0. The van der Waals surface area contributed by atoms with Gasteiger partial charge in [-0.25, -0.2) is 4.98 Å². The molecule has 0 spiro atoms. The Labute approximate surface area is 219 Å². The van der Waals surface area contributed by atoms with E-state index in [1.807, 2.05) is 24.4 Å². The fourth-order valence-corrected chi connectivity index (χ4v) is 4.62. The van der Waals surface area contributed by atoms with E-state index < -0.39 is 0 Å². The summed E-state index contributed by atoms with van der Waals surface area (Å²) in [4.78, 5) is 31.9. The first kappa shape index (κ1) is 27.4. The number of rotatable bonds is 11. The number of anilines is 1. The summed E-state index contributed by atoms with van der Waals surface area (Å²) in [5.41, 5.74) is 0.896. The highest BCUT2D eigenvalue weighted by Gasteiger charge is 2.31. The summed E-state index contributed by atoms with van der Waals surface area (Å²) in [7, 11) is 3.34. The van der Waals surface area contributed by atoms with Crippen LogP contribution in [0.3, 0.4) is 0 Å². The monoisotopic (exact) mass is 501 g/mol. The Kier molecular flexibility index (Phi) is 10.2. The van der Waals surface area contributed by atoms with Gasteiger partial charge < -0.3 is 19.4 Å². The smallest absolute Gasteiger partial charge is 0.246 e. The molecule has 1 aliphatic rings. The molecule has 2 heterocycles. The normalized spacial score (nSPS) is 16.0. The first-order chi connectivity index (χ1) is 18.0. The molecule has 194 valence electrons. The van der Waals surface area contributed by atoms with Crippen molar-refractivity contribution >= 4 is 34.7 Å². The molecular formula is C28H35N7O2. The van der Waals surface area contributed by atoms with Gasteiger partial charge in [-0.15, -0.1) is 0 Å². The fraction of sp³-hybridized carbons (Fsp3) is 0.393. The summed E-state index contributed by atoms with van der Waals surface area (Å²) in [6.45, 7) is 11.5. The minimum atomic E-state index is -0.219. The molecule has 37 heavy (non-hydrogen) atoms. The molecule has 1 fully saturated rings. The highest BCUT2D eigenvalue weighted by Crippen LogP contribution is 2.25. The number of nitrogens with zero attached hydrogens (tertiary/aromatic N) is 7. The molecule has 1 aromatic carbocycles. The highest BCUT2D eigenvalue weighted by molar-refractivity contribution is 5.98.